The summed E-state index contributed by atoms with van der Waals surface area (Å²) in [6.45, 7) is -0.353. The van der Waals surface area contributed by atoms with E-state index in [0.29, 0.717) is 18.8 Å². The van der Waals surface area contributed by atoms with Crippen LogP contribution in [0.4, 0.5) is 23.4 Å². The van der Waals surface area contributed by atoms with Gasteiger partial charge in [-0.05, 0) is 18.2 Å². The number of ether oxygens (including phenoxy) is 3. The molecule has 11 heteroatoms. The van der Waals surface area contributed by atoms with E-state index in [1.807, 2.05) is 0 Å². The number of pyridine rings is 2. The van der Waals surface area contributed by atoms with Gasteiger partial charge in [0.1, 0.15) is 24.3 Å². The van der Waals surface area contributed by atoms with Gasteiger partial charge in [0.15, 0.2) is 0 Å². The van der Waals surface area contributed by atoms with Crippen LogP contribution < -0.4 is 14.4 Å². The predicted molar refractivity (Wildman–Crippen MR) is 92.6 cm³/mol. The summed E-state index contributed by atoms with van der Waals surface area (Å²) in [5, 5.41) is 0. The van der Waals surface area contributed by atoms with Crippen LogP contribution in [0, 0.1) is 0 Å². The van der Waals surface area contributed by atoms with Crippen molar-refractivity contribution in [2.45, 2.75) is 24.9 Å². The Labute approximate surface area is 163 Å². The quantitative estimate of drug-likeness (QED) is 0.530. The average molecular weight is 415 g/mol. The number of rotatable bonds is 6. The molecule has 2 atom stereocenters. The molecule has 0 aromatic carbocycles. The minimum Gasteiger partial charge on any atom is -0.472 e. The Hall–Kier alpha value is -3.11. The van der Waals surface area contributed by atoms with Crippen molar-refractivity contribution in [2.75, 3.05) is 25.2 Å². The Bertz CT molecular complexity index is 830. The van der Waals surface area contributed by atoms with Gasteiger partial charge in [-0.2, -0.15) is 0 Å². The second kappa shape index (κ2) is 8.50. The van der Waals surface area contributed by atoms with E-state index in [-0.39, 0.29) is 11.4 Å². The zero-order valence-electron chi connectivity index (χ0n) is 15.2. The molecule has 3 heterocycles. The largest absolute Gasteiger partial charge is 0.573 e. The second-order valence-electron chi connectivity index (χ2n) is 6.21. The van der Waals surface area contributed by atoms with Gasteiger partial charge in [-0.15, -0.1) is 13.2 Å². The molecular weight excluding hydrogens is 398 g/mol. The number of nitrogens with zero attached hydrogens (tertiary/aromatic N) is 3. The van der Waals surface area contributed by atoms with E-state index in [2.05, 4.69) is 19.4 Å². The zero-order chi connectivity index (χ0) is 21.0. The molecule has 2 aromatic heterocycles. The molecular formula is C18H17F4N3O4. The van der Waals surface area contributed by atoms with Crippen LogP contribution in [0.5, 0.6) is 11.6 Å². The highest BCUT2D eigenvalue weighted by molar-refractivity contribution is 5.89. The molecule has 1 aliphatic rings. The van der Waals surface area contributed by atoms with E-state index in [4.69, 9.17) is 4.74 Å². The minimum absolute atomic E-state index is 0.0954. The first-order chi connectivity index (χ1) is 13.8. The first-order valence-electron chi connectivity index (χ1n) is 8.54. The van der Waals surface area contributed by atoms with E-state index in [1.54, 1.807) is 11.0 Å². The lowest BCUT2D eigenvalue weighted by Crippen LogP contribution is -2.32. The Balaban J connectivity index is 1.65. The first kappa shape index (κ1) is 20.6. The number of esters is 1. The van der Waals surface area contributed by atoms with Crippen LogP contribution >= 0.6 is 0 Å². The van der Waals surface area contributed by atoms with Crippen LogP contribution in [-0.2, 0) is 4.74 Å². The second-order valence-corrected chi connectivity index (χ2v) is 6.21. The lowest BCUT2D eigenvalue weighted by atomic mass is 10.2. The molecule has 0 bridgehead atoms. The number of alkyl halides is 4. The zero-order valence-corrected chi connectivity index (χ0v) is 15.2. The van der Waals surface area contributed by atoms with Crippen LogP contribution in [0.25, 0.3) is 0 Å². The topological polar surface area (TPSA) is 73.8 Å². The third kappa shape index (κ3) is 5.24. The van der Waals surface area contributed by atoms with Crippen LogP contribution in [0.15, 0.2) is 36.7 Å². The molecule has 156 valence electrons. The molecule has 7 nitrogen and oxygen atoms in total. The fourth-order valence-corrected chi connectivity index (χ4v) is 2.98. The van der Waals surface area contributed by atoms with E-state index in [1.165, 1.54) is 25.4 Å². The van der Waals surface area contributed by atoms with Crippen molar-refractivity contribution < 1.29 is 36.6 Å². The van der Waals surface area contributed by atoms with E-state index in [0.717, 1.165) is 12.3 Å². The van der Waals surface area contributed by atoms with E-state index in [9.17, 15) is 22.4 Å². The molecule has 1 aliphatic heterocycles. The standard InChI is InChI=1S/C18H17F4N3O4/c1-27-17(26)11-2-4-15(23-8-11)25-10-14(6-12(25)7-19)28-16-5-3-13(9-24-16)29-18(20,21)22/h2-5,8-9,12,14H,6-7,10H2,1H3/t12-,14-/m0/s1. The van der Waals surface area contributed by atoms with Crippen LogP contribution in [-0.4, -0.2) is 54.8 Å². The van der Waals surface area contributed by atoms with Crippen molar-refractivity contribution in [1.29, 1.82) is 0 Å². The van der Waals surface area contributed by atoms with Gasteiger partial charge < -0.3 is 19.1 Å². The highest BCUT2D eigenvalue weighted by Crippen LogP contribution is 2.28. The third-order valence-corrected chi connectivity index (χ3v) is 4.25. The molecule has 0 unspecified atom stereocenters. The fourth-order valence-electron chi connectivity index (χ4n) is 2.98. The van der Waals surface area contributed by atoms with Crippen molar-refractivity contribution in [2.24, 2.45) is 0 Å². The summed E-state index contributed by atoms with van der Waals surface area (Å²) in [6.07, 6.45) is -2.68. The molecule has 2 aromatic rings. The van der Waals surface area contributed by atoms with Crippen LogP contribution in [0.1, 0.15) is 16.8 Å². The van der Waals surface area contributed by atoms with E-state index < -0.39 is 36.9 Å². The molecule has 0 spiro atoms. The number of hydrogen-bond acceptors (Lipinski definition) is 7. The summed E-state index contributed by atoms with van der Waals surface area (Å²) in [6, 6.07) is 4.95. The molecule has 0 saturated carbocycles. The van der Waals surface area contributed by atoms with Crippen molar-refractivity contribution in [3.63, 3.8) is 0 Å². The first-order valence-corrected chi connectivity index (χ1v) is 8.54. The number of carbonyl (C=O) groups excluding carboxylic acids is 1. The van der Waals surface area contributed by atoms with Gasteiger partial charge in [0.25, 0.3) is 0 Å². The molecule has 0 aliphatic carbocycles. The van der Waals surface area contributed by atoms with E-state index >= 15 is 0 Å². The number of anilines is 1. The van der Waals surface area contributed by atoms with Gasteiger partial charge in [-0.25, -0.2) is 19.2 Å². The maximum absolute atomic E-state index is 13.5. The molecule has 0 amide bonds. The monoisotopic (exact) mass is 415 g/mol. The Morgan fingerprint density at radius 3 is 2.55 bits per heavy atom. The van der Waals surface area contributed by atoms with Crippen molar-refractivity contribution >= 4 is 11.8 Å². The number of halogens is 4. The Kier molecular flexibility index (Phi) is 6.04. The van der Waals surface area contributed by atoms with Gasteiger partial charge in [0, 0.05) is 18.7 Å². The van der Waals surface area contributed by atoms with Gasteiger partial charge in [0.2, 0.25) is 5.88 Å². The number of methoxy groups -OCH3 is 1. The van der Waals surface area contributed by atoms with Crippen LogP contribution in [0.3, 0.4) is 0 Å². The lowest BCUT2D eigenvalue weighted by molar-refractivity contribution is -0.274. The number of aromatic nitrogens is 2. The summed E-state index contributed by atoms with van der Waals surface area (Å²) in [5.41, 5.74) is 0.269. The Morgan fingerprint density at radius 2 is 2.00 bits per heavy atom. The lowest BCUT2D eigenvalue weighted by Gasteiger charge is -2.23. The SMILES string of the molecule is COC(=O)c1ccc(N2C[C@@H](Oc3ccc(OC(F)(F)F)cn3)C[C@H]2CF)nc1. The number of hydrogen-bond donors (Lipinski definition) is 0. The summed E-state index contributed by atoms with van der Waals surface area (Å²) < 4.78 is 64.1. The summed E-state index contributed by atoms with van der Waals surface area (Å²) in [5.74, 6) is -0.432. The smallest absolute Gasteiger partial charge is 0.472 e. The normalized spacial score (nSPS) is 19.1. The molecule has 3 rings (SSSR count). The highest BCUT2D eigenvalue weighted by atomic mass is 19.4. The fraction of sp³-hybridized carbons (Fsp3) is 0.389. The maximum atomic E-state index is 13.5. The summed E-state index contributed by atoms with van der Waals surface area (Å²) in [7, 11) is 1.26. The minimum atomic E-state index is -4.80. The van der Waals surface area contributed by atoms with Gasteiger partial charge in [0.05, 0.1) is 31.5 Å². The van der Waals surface area contributed by atoms with Gasteiger partial charge >= 0.3 is 12.3 Å². The predicted octanol–water partition coefficient (Wildman–Crippen LogP) is 3.16. The highest BCUT2D eigenvalue weighted by Gasteiger charge is 2.35. The average Bonchev–Trinajstić information content (AvgIpc) is 3.10. The molecule has 29 heavy (non-hydrogen) atoms. The molecule has 1 saturated heterocycles. The van der Waals surface area contributed by atoms with Crippen molar-refractivity contribution in [1.82, 2.24) is 9.97 Å². The molecule has 0 N–H and O–H groups in total. The van der Waals surface area contributed by atoms with Crippen LogP contribution in [0.2, 0.25) is 0 Å². The number of carbonyl (C=O) groups is 1. The van der Waals surface area contributed by atoms with Crippen molar-refractivity contribution in [3.05, 3.63) is 42.2 Å². The Morgan fingerprint density at radius 1 is 1.21 bits per heavy atom. The maximum Gasteiger partial charge on any atom is 0.573 e. The molecule has 0 radical (unpaired) electrons. The summed E-state index contributed by atoms with van der Waals surface area (Å²) in [4.78, 5) is 21.2. The molecule has 1 fully saturated rings. The van der Waals surface area contributed by atoms with Crippen molar-refractivity contribution in [3.8, 4) is 11.6 Å². The summed E-state index contributed by atoms with van der Waals surface area (Å²) >= 11 is 0. The van der Waals surface area contributed by atoms with Gasteiger partial charge in [-0.1, -0.05) is 0 Å². The third-order valence-electron chi connectivity index (χ3n) is 4.25. The van der Waals surface area contributed by atoms with Gasteiger partial charge in [-0.3, -0.25) is 0 Å².